The maximum Gasteiger partial charge on any atom is 0.324 e. The molecule has 3 aliphatic heterocycles. The predicted octanol–water partition coefficient (Wildman–Crippen LogP) is 4.49. The van der Waals surface area contributed by atoms with Crippen LogP contribution >= 0.6 is 11.3 Å². The zero-order valence-electron chi connectivity index (χ0n) is 38.3. The number of hydrogen-bond acceptors (Lipinski definition) is 12. The van der Waals surface area contributed by atoms with Crippen LogP contribution in [0.15, 0.2) is 41.9 Å². The molecule has 6 bridgehead atoms. The molecule has 0 aliphatic carbocycles. The van der Waals surface area contributed by atoms with E-state index in [2.05, 4.69) is 60.3 Å². The van der Waals surface area contributed by atoms with Gasteiger partial charge in [0.1, 0.15) is 18.1 Å². The minimum atomic E-state index is -1.08. The van der Waals surface area contributed by atoms with Crippen LogP contribution in [0.4, 0.5) is 0 Å². The molecule has 4 N–H and O–H groups in total. The summed E-state index contributed by atoms with van der Waals surface area (Å²) in [4.78, 5) is 81.9. The van der Waals surface area contributed by atoms with Crippen molar-refractivity contribution in [1.29, 1.82) is 0 Å². The first-order chi connectivity index (χ1) is 30.5. The highest BCUT2D eigenvalue weighted by Gasteiger charge is 2.40. The molecular weight excluding hydrogens is 835 g/mol. The lowest BCUT2D eigenvalue weighted by molar-refractivity contribution is -0.155. The number of aromatic nitrogens is 3. The van der Waals surface area contributed by atoms with E-state index in [4.69, 9.17) is 25.2 Å². The number of esters is 1. The normalized spacial score (nSPS) is 21.4. The number of aryl methyl sites for hydroxylation is 1. The number of benzene rings is 1. The summed E-state index contributed by atoms with van der Waals surface area (Å²) >= 11 is 1.40. The first-order valence-corrected chi connectivity index (χ1v) is 23.3. The van der Waals surface area contributed by atoms with E-state index in [0.717, 1.165) is 44.7 Å². The average molecular weight is 898 g/mol. The van der Waals surface area contributed by atoms with Crippen LogP contribution < -0.4 is 16.5 Å². The van der Waals surface area contributed by atoms with E-state index in [1.54, 1.807) is 25.3 Å². The standard InChI is InChI=1S/C47H63N9O7S/c1-9-55-37-15-14-29-20-32(37)33(42(55)31-12-10-17-49-40(31)28(4)62-8)22-47(5,6)26-63-46(61)34-13-11-18-56(52-34)45(60)35(21-38-50-36(29)25-64-38)51-43(58)41(27(2)3)53(7)44(59)30-16-19-54(24-30)39(57)23-48/h10,12,14-15,17,20,25,27-28,30,34-35,41,52H,9,11,13,16,18-19,21-24,26,48H2,1-8H3,(H,51,58)/t28-,30-,34-,35-,41-/m0/s1. The second-order valence-corrected chi connectivity index (χ2v) is 19.4. The summed E-state index contributed by atoms with van der Waals surface area (Å²) in [5.41, 5.74) is 14.8. The highest BCUT2D eigenvalue weighted by molar-refractivity contribution is 7.10. The molecule has 6 heterocycles. The number of pyridine rings is 1. The van der Waals surface area contributed by atoms with Crippen molar-refractivity contribution in [3.8, 4) is 22.5 Å². The van der Waals surface area contributed by atoms with E-state index < -0.39 is 47.2 Å². The highest BCUT2D eigenvalue weighted by atomic mass is 32.1. The van der Waals surface area contributed by atoms with Gasteiger partial charge in [-0.15, -0.1) is 11.3 Å². The van der Waals surface area contributed by atoms with Gasteiger partial charge in [-0.25, -0.2) is 10.4 Å². The van der Waals surface area contributed by atoms with Gasteiger partial charge in [0.05, 0.1) is 47.3 Å². The lowest BCUT2D eigenvalue weighted by atomic mass is 9.84. The summed E-state index contributed by atoms with van der Waals surface area (Å²) in [5, 5.41) is 8.07. The topological polar surface area (TPSA) is 194 Å². The smallest absolute Gasteiger partial charge is 0.324 e. The molecule has 4 aromatic rings. The number of hydrogen-bond donors (Lipinski definition) is 3. The number of thiazole rings is 1. The third-order valence-corrected chi connectivity index (χ3v) is 13.8. The molecule has 1 aromatic carbocycles. The van der Waals surface area contributed by atoms with Crippen LogP contribution in [0.5, 0.6) is 0 Å². The summed E-state index contributed by atoms with van der Waals surface area (Å²) in [6, 6.07) is 7.60. The number of carbonyl (C=O) groups excluding carboxylic acids is 5. The van der Waals surface area contributed by atoms with Gasteiger partial charge < -0.3 is 34.9 Å². The Morgan fingerprint density at radius 2 is 1.92 bits per heavy atom. The summed E-state index contributed by atoms with van der Waals surface area (Å²) in [6.45, 7) is 13.7. The van der Waals surface area contributed by atoms with Crippen LogP contribution in [0, 0.1) is 17.3 Å². The Morgan fingerprint density at radius 1 is 1.14 bits per heavy atom. The number of rotatable bonds is 10. The first-order valence-electron chi connectivity index (χ1n) is 22.4. The molecule has 2 fully saturated rings. The van der Waals surface area contributed by atoms with Crippen LogP contribution in [0.3, 0.4) is 0 Å². The molecule has 17 heteroatoms. The summed E-state index contributed by atoms with van der Waals surface area (Å²) < 4.78 is 14.2. The Morgan fingerprint density at radius 3 is 2.64 bits per heavy atom. The summed E-state index contributed by atoms with van der Waals surface area (Å²) in [5.74, 6) is -2.64. The van der Waals surface area contributed by atoms with Crippen molar-refractivity contribution in [2.75, 3.05) is 46.9 Å². The monoisotopic (exact) mass is 897 g/mol. The quantitative estimate of drug-likeness (QED) is 0.190. The van der Waals surface area contributed by atoms with Gasteiger partial charge in [0.2, 0.25) is 17.7 Å². The lowest BCUT2D eigenvalue weighted by Crippen LogP contribution is -2.62. The number of ether oxygens (including phenoxy) is 2. The minimum Gasteiger partial charge on any atom is -0.464 e. The molecule has 3 aliphatic rings. The lowest BCUT2D eigenvalue weighted by Gasteiger charge is -2.36. The minimum absolute atomic E-state index is 0.0727. The van der Waals surface area contributed by atoms with Crippen LogP contribution in [-0.4, -0.2) is 124 Å². The van der Waals surface area contributed by atoms with E-state index in [0.29, 0.717) is 50.3 Å². The Kier molecular flexibility index (Phi) is 14.2. The SMILES string of the molecule is CCn1c(-c2cccnc2[C@H](C)OC)c2c3cc(ccc31)-c1csc(n1)C[C@H](NC(=O)[C@H](C(C)C)N(C)C(=O)[C@H]1CCN(C(=O)CN)C1)C(=O)N1CCC[C@H](N1)C(=O)OCC(C)(C)C2. The number of carbonyl (C=O) groups is 5. The Hall–Kier alpha value is -5.23. The molecule has 0 saturated carbocycles. The third kappa shape index (κ3) is 9.58. The second-order valence-electron chi connectivity index (χ2n) is 18.4. The van der Waals surface area contributed by atoms with Gasteiger partial charge in [0, 0.05) is 85.8 Å². The van der Waals surface area contributed by atoms with E-state index in [9.17, 15) is 24.0 Å². The van der Waals surface area contributed by atoms with E-state index in [-0.39, 0.29) is 50.0 Å². The fraction of sp³-hybridized carbons (Fsp3) is 0.553. The molecular formula is C47H63N9O7S. The van der Waals surface area contributed by atoms with Gasteiger partial charge in [-0.05, 0) is 75.3 Å². The number of amides is 4. The highest BCUT2D eigenvalue weighted by Crippen LogP contribution is 2.42. The molecule has 16 nitrogen and oxygen atoms in total. The molecule has 0 unspecified atom stereocenters. The number of likely N-dealkylation sites (N-methyl/N-ethyl adjacent to an activating group) is 1. The van der Waals surface area contributed by atoms with Gasteiger partial charge >= 0.3 is 5.97 Å². The van der Waals surface area contributed by atoms with Crippen molar-refractivity contribution in [3.63, 3.8) is 0 Å². The molecule has 64 heavy (non-hydrogen) atoms. The summed E-state index contributed by atoms with van der Waals surface area (Å²) in [7, 11) is 3.28. The number of cyclic esters (lactones) is 1. The number of hydrazine groups is 1. The molecule has 0 radical (unpaired) electrons. The Balaban J connectivity index is 1.27. The average Bonchev–Trinajstić information content (AvgIpc) is 4.05. The van der Waals surface area contributed by atoms with Gasteiger partial charge in [-0.2, -0.15) is 0 Å². The van der Waals surface area contributed by atoms with E-state index in [1.165, 1.54) is 21.2 Å². The van der Waals surface area contributed by atoms with Crippen molar-refractivity contribution >= 4 is 51.8 Å². The Bertz CT molecular complexity index is 2390. The number of nitrogens with one attached hydrogen (secondary N) is 2. The third-order valence-electron chi connectivity index (χ3n) is 12.9. The van der Waals surface area contributed by atoms with Crippen molar-refractivity contribution < 1.29 is 33.4 Å². The number of fused-ring (bicyclic) bond motifs is 6. The number of nitrogens with zero attached hydrogens (tertiary/aromatic N) is 6. The molecule has 4 amide bonds. The van der Waals surface area contributed by atoms with Crippen LogP contribution in [0.25, 0.3) is 33.4 Å². The van der Waals surface area contributed by atoms with Gasteiger partial charge in [0.15, 0.2) is 0 Å². The maximum atomic E-state index is 14.6. The maximum absolute atomic E-state index is 14.6. The van der Waals surface area contributed by atoms with E-state index >= 15 is 0 Å². The van der Waals surface area contributed by atoms with Crippen molar-refractivity contribution in [2.24, 2.45) is 23.0 Å². The number of likely N-dealkylation sites (tertiary alicyclic amines) is 1. The largest absolute Gasteiger partial charge is 0.464 e. The molecule has 344 valence electrons. The zero-order valence-corrected chi connectivity index (χ0v) is 39.1. The molecule has 0 spiro atoms. The van der Waals surface area contributed by atoms with Crippen molar-refractivity contribution in [3.05, 3.63) is 58.2 Å². The molecule has 2 saturated heterocycles. The van der Waals surface area contributed by atoms with Gasteiger partial charge in [-0.1, -0.05) is 33.8 Å². The zero-order chi connectivity index (χ0) is 46.0. The fourth-order valence-corrected chi connectivity index (χ4v) is 10.3. The molecule has 5 atom stereocenters. The van der Waals surface area contributed by atoms with Crippen LogP contribution in [-0.2, 0) is 52.8 Å². The van der Waals surface area contributed by atoms with Crippen molar-refractivity contribution in [1.82, 2.24) is 40.1 Å². The van der Waals surface area contributed by atoms with Gasteiger partial charge in [0.25, 0.3) is 5.91 Å². The van der Waals surface area contributed by atoms with Crippen LogP contribution in [0.2, 0.25) is 0 Å². The second kappa shape index (κ2) is 19.5. The van der Waals surface area contributed by atoms with Gasteiger partial charge in [-0.3, -0.25) is 34.0 Å². The first kappa shape index (κ1) is 46.8. The summed E-state index contributed by atoms with van der Waals surface area (Å²) in [6.07, 6.45) is 3.65. The van der Waals surface area contributed by atoms with E-state index in [1.807, 2.05) is 32.2 Å². The number of nitrogens with two attached hydrogens (primary N) is 1. The predicted molar refractivity (Wildman–Crippen MR) is 244 cm³/mol. The number of methoxy groups -OCH3 is 1. The van der Waals surface area contributed by atoms with Crippen molar-refractivity contribution in [2.45, 2.75) is 104 Å². The Labute approximate surface area is 379 Å². The fourth-order valence-electron chi connectivity index (χ4n) is 9.49. The van der Waals surface area contributed by atoms with Crippen LogP contribution in [0.1, 0.15) is 83.2 Å². The molecule has 7 rings (SSSR count). The molecule has 3 aromatic heterocycles.